The molecule has 5 atom stereocenters. The van der Waals surface area contributed by atoms with Crippen LogP contribution in [0.2, 0.25) is 0 Å². The number of aromatic nitrogens is 2. The molecule has 2 rings (SSSR count). The number of hydrogen-bond acceptors (Lipinski definition) is 17. The van der Waals surface area contributed by atoms with Crippen LogP contribution >= 0.6 is 7.82 Å². The second-order valence-corrected chi connectivity index (χ2v) is 13.9. The number of phosphoric ester groups is 1. The maximum Gasteiger partial charge on any atom is 0.480 e. The van der Waals surface area contributed by atoms with Gasteiger partial charge in [-0.3, -0.25) is 33.1 Å². The van der Waals surface area contributed by atoms with Gasteiger partial charge in [0, 0.05) is 19.2 Å². The SMILES string of the molecule is [CH2+]C1(O)C(n2ccc(=O)n(COC(=O)C(N)C(C)C)c2=O)OC(CF)(COP(=O)(OCOC(=O)C(C)C)OCOC(=O)C(C)C)C1OC(C)=O. The van der Waals surface area contributed by atoms with Gasteiger partial charge in [0.2, 0.25) is 25.9 Å². The van der Waals surface area contributed by atoms with Crippen LogP contribution in [0.4, 0.5) is 4.39 Å². The van der Waals surface area contributed by atoms with Gasteiger partial charge in [0.15, 0.2) is 12.3 Å². The Hall–Kier alpha value is -3.65. The van der Waals surface area contributed by atoms with Gasteiger partial charge in [-0.05, 0) is 5.92 Å². The molecule has 2 heterocycles. The van der Waals surface area contributed by atoms with Crippen molar-refractivity contribution in [1.82, 2.24) is 9.13 Å². The molecular weight excluding hydrogens is 696 g/mol. The van der Waals surface area contributed by atoms with Crippen molar-refractivity contribution in [3.05, 3.63) is 40.0 Å². The van der Waals surface area contributed by atoms with Gasteiger partial charge in [-0.2, -0.15) is 0 Å². The minimum Gasteiger partial charge on any atom is -0.451 e. The highest BCUT2D eigenvalue weighted by molar-refractivity contribution is 7.48. The summed E-state index contributed by atoms with van der Waals surface area (Å²) < 4.78 is 70.6. The number of carbonyl (C=O) groups is 4. The number of ether oxygens (including phenoxy) is 5. The van der Waals surface area contributed by atoms with Crippen LogP contribution in [0.15, 0.2) is 21.9 Å². The third-order valence-corrected chi connectivity index (χ3v) is 8.41. The molecule has 1 fully saturated rings. The molecule has 1 aromatic rings. The van der Waals surface area contributed by atoms with Crippen LogP contribution in [0.5, 0.6) is 0 Å². The Bertz CT molecular complexity index is 1510. The van der Waals surface area contributed by atoms with E-state index in [2.05, 4.69) is 6.92 Å². The lowest BCUT2D eigenvalue weighted by molar-refractivity contribution is -0.173. The van der Waals surface area contributed by atoms with Crippen molar-refractivity contribution in [2.45, 2.75) is 84.8 Å². The Morgan fingerprint density at radius 1 is 1.00 bits per heavy atom. The van der Waals surface area contributed by atoms with Gasteiger partial charge in [-0.25, -0.2) is 27.4 Å². The molecule has 1 aromatic heterocycles. The minimum absolute atomic E-state index is 0.342. The first-order valence-electron chi connectivity index (χ1n) is 15.2. The zero-order chi connectivity index (χ0) is 38.2. The zero-order valence-corrected chi connectivity index (χ0v) is 29.6. The molecule has 19 nitrogen and oxygen atoms in total. The zero-order valence-electron chi connectivity index (χ0n) is 28.7. The van der Waals surface area contributed by atoms with Gasteiger partial charge in [0.1, 0.15) is 19.6 Å². The smallest absolute Gasteiger partial charge is 0.451 e. The van der Waals surface area contributed by atoms with Crippen molar-refractivity contribution >= 4 is 31.7 Å². The molecule has 50 heavy (non-hydrogen) atoms. The third kappa shape index (κ3) is 10.4. The summed E-state index contributed by atoms with van der Waals surface area (Å²) in [6.45, 7) is 7.94. The molecular formula is C29H44FN3O16P+. The minimum atomic E-state index is -4.97. The summed E-state index contributed by atoms with van der Waals surface area (Å²) in [7, 11) is -4.97. The summed E-state index contributed by atoms with van der Waals surface area (Å²) in [6, 6.07) is -0.251. The van der Waals surface area contributed by atoms with Crippen molar-refractivity contribution in [2.75, 3.05) is 26.9 Å². The molecule has 0 aromatic carbocycles. The van der Waals surface area contributed by atoms with Crippen LogP contribution in [-0.4, -0.2) is 88.3 Å². The van der Waals surface area contributed by atoms with E-state index in [4.69, 9.17) is 43.0 Å². The number of esters is 4. The lowest BCUT2D eigenvalue weighted by Gasteiger charge is -2.31. The monoisotopic (exact) mass is 740 g/mol. The summed E-state index contributed by atoms with van der Waals surface area (Å²) in [5, 5.41) is 11.5. The molecule has 1 saturated heterocycles. The second-order valence-electron chi connectivity index (χ2n) is 12.2. The Kier molecular flexibility index (Phi) is 14.9. The van der Waals surface area contributed by atoms with E-state index in [0.29, 0.717) is 9.13 Å². The van der Waals surface area contributed by atoms with Crippen molar-refractivity contribution < 1.29 is 70.5 Å². The maximum atomic E-state index is 15.1. The predicted molar refractivity (Wildman–Crippen MR) is 166 cm³/mol. The second kappa shape index (κ2) is 17.5. The summed E-state index contributed by atoms with van der Waals surface area (Å²) in [5.74, 6) is -5.13. The van der Waals surface area contributed by atoms with E-state index in [1.807, 2.05) is 0 Å². The van der Waals surface area contributed by atoms with Gasteiger partial charge < -0.3 is 34.5 Å². The summed E-state index contributed by atoms with van der Waals surface area (Å²) in [4.78, 5) is 74.2. The molecule has 0 radical (unpaired) electrons. The van der Waals surface area contributed by atoms with Crippen LogP contribution in [0.25, 0.3) is 0 Å². The van der Waals surface area contributed by atoms with Gasteiger partial charge in [0.05, 0.1) is 18.4 Å². The highest BCUT2D eigenvalue weighted by atomic mass is 31.2. The lowest BCUT2D eigenvalue weighted by Crippen LogP contribution is -2.55. The Balaban J connectivity index is 2.49. The molecule has 21 heteroatoms. The highest BCUT2D eigenvalue weighted by Crippen LogP contribution is 2.53. The van der Waals surface area contributed by atoms with Gasteiger partial charge >= 0.3 is 37.4 Å². The summed E-state index contributed by atoms with van der Waals surface area (Å²) >= 11 is 0. The van der Waals surface area contributed by atoms with Crippen LogP contribution in [0, 0.1) is 24.7 Å². The third-order valence-electron chi connectivity index (χ3n) is 7.12. The van der Waals surface area contributed by atoms with Crippen molar-refractivity contribution in [3.63, 3.8) is 0 Å². The van der Waals surface area contributed by atoms with Crippen LogP contribution < -0.4 is 17.0 Å². The number of carbonyl (C=O) groups excluding carboxylic acids is 4. The molecule has 0 saturated carbocycles. The van der Waals surface area contributed by atoms with E-state index in [1.54, 1.807) is 13.8 Å². The van der Waals surface area contributed by atoms with Gasteiger partial charge in [-0.15, -0.1) is 0 Å². The normalized spacial score (nSPS) is 22.8. The van der Waals surface area contributed by atoms with E-state index >= 15 is 4.39 Å². The van der Waals surface area contributed by atoms with Gasteiger partial charge in [0.25, 0.3) is 11.2 Å². The maximum absolute atomic E-state index is 15.1. The van der Waals surface area contributed by atoms with Crippen LogP contribution in [-0.2, 0) is 67.7 Å². The number of aliphatic hydroxyl groups is 1. The molecule has 0 aliphatic carbocycles. The Labute approximate surface area is 286 Å². The Morgan fingerprint density at radius 2 is 1.54 bits per heavy atom. The number of hydrogen-bond donors (Lipinski definition) is 2. The molecule has 3 N–H and O–H groups in total. The van der Waals surface area contributed by atoms with E-state index in [9.17, 15) is 38.4 Å². The molecule has 282 valence electrons. The molecule has 1 aliphatic rings. The number of halogens is 1. The van der Waals surface area contributed by atoms with E-state index in [-0.39, 0.29) is 5.92 Å². The van der Waals surface area contributed by atoms with E-state index < -0.39 is 118 Å². The first-order chi connectivity index (χ1) is 23.1. The molecule has 0 spiro atoms. The molecule has 1 aliphatic heterocycles. The van der Waals surface area contributed by atoms with Gasteiger partial charge in [-0.1, -0.05) is 41.5 Å². The fraction of sp³-hybridized carbons (Fsp3) is 0.690. The fourth-order valence-electron chi connectivity index (χ4n) is 4.15. The first kappa shape index (κ1) is 42.5. The number of phosphoric acid groups is 1. The van der Waals surface area contributed by atoms with Crippen LogP contribution in [0.1, 0.15) is 54.7 Å². The quantitative estimate of drug-likeness (QED) is 0.0691. The largest absolute Gasteiger partial charge is 0.480 e. The fourth-order valence-corrected chi connectivity index (χ4v) is 5.11. The Morgan fingerprint density at radius 3 is 2.00 bits per heavy atom. The topological polar surface area (TPSA) is 249 Å². The average Bonchev–Trinajstić information content (AvgIpc) is 3.24. The standard InChI is InChI=1S/C29H44FN3O16P/c1-16(2)21(31)24(38)42-13-33-20(35)9-10-32(27(33)39)26-28(8,40)25(48-19(7)34)29(11-30,49-26)12-45-50(41,46-14-43-22(36)17(3)4)47-15-44-23(37)18(5)6/h9-10,16-18,21,25-26,40H,8,11-15,31H2,1-7H3/q+1. The summed E-state index contributed by atoms with van der Waals surface area (Å²) in [6.07, 6.45) is -3.30. The number of rotatable bonds is 18. The lowest BCUT2D eigenvalue weighted by atomic mass is 9.88. The van der Waals surface area contributed by atoms with Crippen molar-refractivity contribution in [1.29, 1.82) is 0 Å². The average molecular weight is 741 g/mol. The molecule has 0 amide bonds. The van der Waals surface area contributed by atoms with Crippen LogP contribution in [0.3, 0.4) is 0 Å². The summed E-state index contributed by atoms with van der Waals surface area (Å²) in [5.41, 5.74) is -1.79. The molecule has 0 bridgehead atoms. The van der Waals surface area contributed by atoms with Crippen molar-refractivity contribution in [3.8, 4) is 0 Å². The first-order valence-corrected chi connectivity index (χ1v) is 16.7. The van der Waals surface area contributed by atoms with Crippen molar-refractivity contribution in [2.24, 2.45) is 23.5 Å². The molecule has 5 unspecified atom stereocenters. The van der Waals surface area contributed by atoms with E-state index in [0.717, 1.165) is 19.2 Å². The van der Waals surface area contributed by atoms with E-state index in [1.165, 1.54) is 27.7 Å². The number of alkyl halides is 1. The highest BCUT2D eigenvalue weighted by Gasteiger charge is 2.70. The number of nitrogens with two attached hydrogens (primary N) is 1. The number of nitrogens with zero attached hydrogens (tertiary/aromatic N) is 2. The predicted octanol–water partition coefficient (Wildman–Crippen LogP) is 0.699.